The molecule has 1 heterocycles. The third-order valence-corrected chi connectivity index (χ3v) is 7.28. The molecule has 1 aliphatic heterocycles. The lowest BCUT2D eigenvalue weighted by Gasteiger charge is -2.34. The van der Waals surface area contributed by atoms with Crippen LogP contribution in [-0.2, 0) is 14.8 Å². The van der Waals surface area contributed by atoms with E-state index < -0.39 is 27.7 Å². The van der Waals surface area contributed by atoms with Crippen LogP contribution in [0.3, 0.4) is 0 Å². The fraction of sp³-hybridized carbons (Fsp3) is 0.391. The van der Waals surface area contributed by atoms with Crippen LogP contribution < -0.4 is 5.32 Å². The van der Waals surface area contributed by atoms with Crippen molar-refractivity contribution in [1.29, 1.82) is 0 Å². The fourth-order valence-corrected chi connectivity index (χ4v) is 5.64. The second kappa shape index (κ2) is 9.79. The van der Waals surface area contributed by atoms with E-state index in [2.05, 4.69) is 5.32 Å². The van der Waals surface area contributed by atoms with E-state index in [4.69, 9.17) is 0 Å². The van der Waals surface area contributed by atoms with Gasteiger partial charge in [0, 0.05) is 31.4 Å². The molecular weight excluding hydrogens is 433 g/mol. The van der Waals surface area contributed by atoms with E-state index in [-0.39, 0.29) is 17.0 Å². The first-order valence-electron chi connectivity index (χ1n) is 10.5. The molecule has 1 fully saturated rings. The molecule has 1 N–H and O–H groups in total. The van der Waals surface area contributed by atoms with Gasteiger partial charge >= 0.3 is 0 Å². The molecule has 0 spiro atoms. The Morgan fingerprint density at radius 2 is 1.59 bits per heavy atom. The summed E-state index contributed by atoms with van der Waals surface area (Å²) in [6.07, 6.45) is 1.00. The molecule has 7 nitrogen and oxygen atoms in total. The van der Waals surface area contributed by atoms with Crippen LogP contribution in [0.4, 0.5) is 10.1 Å². The van der Waals surface area contributed by atoms with E-state index in [1.165, 1.54) is 64.8 Å². The number of hydrogen-bond donors (Lipinski definition) is 1. The number of nitrogens with one attached hydrogen (secondary N) is 1. The van der Waals surface area contributed by atoms with Crippen LogP contribution in [0.1, 0.15) is 30.6 Å². The Labute approximate surface area is 188 Å². The van der Waals surface area contributed by atoms with Gasteiger partial charge in [-0.25, -0.2) is 12.8 Å². The maximum atomic E-state index is 13.0. The predicted octanol–water partition coefficient (Wildman–Crippen LogP) is 3.20. The van der Waals surface area contributed by atoms with Crippen molar-refractivity contribution in [3.05, 3.63) is 59.9 Å². The quantitative estimate of drug-likeness (QED) is 0.716. The number of anilines is 1. The van der Waals surface area contributed by atoms with Gasteiger partial charge in [-0.3, -0.25) is 9.59 Å². The molecule has 2 aromatic carbocycles. The summed E-state index contributed by atoms with van der Waals surface area (Å²) < 4.78 is 40.4. The highest BCUT2D eigenvalue weighted by Gasteiger charge is 2.31. The molecule has 0 bridgehead atoms. The smallest absolute Gasteiger partial charge is 0.254 e. The van der Waals surface area contributed by atoms with Crippen molar-refractivity contribution in [3.8, 4) is 0 Å². The Morgan fingerprint density at radius 1 is 1.03 bits per heavy atom. The van der Waals surface area contributed by atoms with Crippen molar-refractivity contribution in [1.82, 2.24) is 9.21 Å². The zero-order valence-corrected chi connectivity index (χ0v) is 19.2. The van der Waals surface area contributed by atoms with Gasteiger partial charge in [0.1, 0.15) is 5.82 Å². The Morgan fingerprint density at radius 3 is 2.16 bits per heavy atom. The monoisotopic (exact) mass is 461 g/mol. The molecule has 172 valence electrons. The lowest BCUT2D eigenvalue weighted by molar-refractivity contribution is -0.116. The van der Waals surface area contributed by atoms with Crippen LogP contribution in [0.15, 0.2) is 53.4 Å². The van der Waals surface area contributed by atoms with Crippen molar-refractivity contribution in [2.75, 3.05) is 32.0 Å². The van der Waals surface area contributed by atoms with E-state index in [0.717, 1.165) is 6.42 Å². The number of sulfonamides is 1. The lowest BCUT2D eigenvalue weighted by atomic mass is 9.94. The highest BCUT2D eigenvalue weighted by atomic mass is 32.2. The molecule has 0 saturated carbocycles. The number of amides is 2. The molecule has 3 rings (SSSR count). The molecule has 32 heavy (non-hydrogen) atoms. The Kier molecular flexibility index (Phi) is 7.30. The predicted molar refractivity (Wildman–Crippen MR) is 120 cm³/mol. The minimum absolute atomic E-state index is 0.145. The van der Waals surface area contributed by atoms with Crippen molar-refractivity contribution >= 4 is 27.5 Å². The maximum Gasteiger partial charge on any atom is 0.254 e. The summed E-state index contributed by atoms with van der Waals surface area (Å²) in [4.78, 5) is 26.2. The van der Waals surface area contributed by atoms with Gasteiger partial charge < -0.3 is 10.2 Å². The van der Waals surface area contributed by atoms with Gasteiger partial charge in [0.05, 0.1) is 11.4 Å². The van der Waals surface area contributed by atoms with Crippen LogP contribution in [0.25, 0.3) is 0 Å². The van der Waals surface area contributed by atoms with Crippen LogP contribution in [-0.4, -0.2) is 56.1 Å². The number of rotatable bonds is 6. The number of piperidine rings is 1. The Balaban J connectivity index is 1.63. The maximum absolute atomic E-state index is 13.0. The van der Waals surface area contributed by atoms with E-state index >= 15 is 0 Å². The van der Waals surface area contributed by atoms with Gasteiger partial charge in [0.25, 0.3) is 5.91 Å². The van der Waals surface area contributed by atoms with E-state index in [0.29, 0.717) is 30.6 Å². The van der Waals surface area contributed by atoms with E-state index in [1.54, 1.807) is 0 Å². The fourth-order valence-electron chi connectivity index (χ4n) is 3.96. The average molecular weight is 462 g/mol. The minimum atomic E-state index is -3.63. The van der Waals surface area contributed by atoms with Crippen molar-refractivity contribution in [2.24, 2.45) is 11.8 Å². The normalized spacial score (nSPS) is 19.4. The molecule has 9 heteroatoms. The highest BCUT2D eigenvalue weighted by molar-refractivity contribution is 7.89. The average Bonchev–Trinajstić information content (AvgIpc) is 2.74. The van der Waals surface area contributed by atoms with E-state index in [9.17, 15) is 22.4 Å². The molecule has 0 radical (unpaired) electrons. The van der Waals surface area contributed by atoms with Crippen molar-refractivity contribution in [3.63, 3.8) is 0 Å². The summed E-state index contributed by atoms with van der Waals surface area (Å²) in [5.74, 6) is -0.665. The zero-order chi connectivity index (χ0) is 23.5. The Bertz CT molecular complexity index is 1060. The number of carbonyl (C=O) groups excluding carboxylic acids is 2. The first-order valence-corrected chi connectivity index (χ1v) is 11.9. The number of benzene rings is 2. The van der Waals surface area contributed by atoms with Gasteiger partial charge in [-0.2, -0.15) is 4.31 Å². The third-order valence-electron chi connectivity index (χ3n) is 5.43. The number of nitrogens with zero attached hydrogens (tertiary/aromatic N) is 2. The standard InChI is InChI=1S/C23H28FN3O4S/c1-16-12-17(2)14-27(13-16)32(30,31)21-10-4-18(5-11-21)23(29)26(3)15-22(28)25-20-8-6-19(24)7-9-20/h4-11,16-17H,12-15H2,1-3H3,(H,25,28)/t16-,17+. The van der Waals surface area contributed by atoms with Crippen LogP contribution in [0.2, 0.25) is 0 Å². The number of carbonyl (C=O) groups is 2. The molecule has 2 atom stereocenters. The third kappa shape index (κ3) is 5.72. The summed E-state index contributed by atoms with van der Waals surface area (Å²) >= 11 is 0. The first kappa shape index (κ1) is 23.9. The van der Waals surface area contributed by atoms with Gasteiger partial charge in [0.2, 0.25) is 15.9 Å². The number of likely N-dealkylation sites (N-methyl/N-ethyl adjacent to an activating group) is 1. The number of halogens is 1. The van der Waals surface area contributed by atoms with Gasteiger partial charge in [-0.1, -0.05) is 13.8 Å². The first-order chi connectivity index (χ1) is 15.1. The number of hydrogen-bond acceptors (Lipinski definition) is 4. The molecule has 2 aromatic rings. The molecule has 1 aliphatic rings. The molecule has 1 saturated heterocycles. The summed E-state index contributed by atoms with van der Waals surface area (Å²) in [6.45, 7) is 4.85. The van der Waals surface area contributed by atoms with E-state index in [1.807, 2.05) is 13.8 Å². The molecular formula is C23H28FN3O4S. The highest BCUT2D eigenvalue weighted by Crippen LogP contribution is 2.26. The molecule has 0 unspecified atom stereocenters. The second-order valence-corrected chi connectivity index (χ2v) is 10.4. The van der Waals surface area contributed by atoms with Gasteiger partial charge in [-0.15, -0.1) is 0 Å². The minimum Gasteiger partial charge on any atom is -0.332 e. The summed E-state index contributed by atoms with van der Waals surface area (Å²) in [7, 11) is -2.15. The summed E-state index contributed by atoms with van der Waals surface area (Å²) in [6, 6.07) is 11.1. The van der Waals surface area contributed by atoms with Crippen LogP contribution >= 0.6 is 0 Å². The topological polar surface area (TPSA) is 86.8 Å². The summed E-state index contributed by atoms with van der Waals surface area (Å²) in [5.41, 5.74) is 0.703. The SMILES string of the molecule is C[C@@H]1C[C@H](C)CN(S(=O)(=O)c2ccc(C(=O)N(C)CC(=O)Nc3ccc(F)cc3)cc2)C1. The second-order valence-electron chi connectivity index (χ2n) is 8.51. The molecule has 0 aromatic heterocycles. The lowest BCUT2D eigenvalue weighted by Crippen LogP contribution is -2.42. The summed E-state index contributed by atoms with van der Waals surface area (Å²) in [5, 5.41) is 2.59. The van der Waals surface area contributed by atoms with Crippen molar-refractivity contribution in [2.45, 2.75) is 25.2 Å². The zero-order valence-electron chi connectivity index (χ0n) is 18.4. The van der Waals surface area contributed by atoms with Gasteiger partial charge in [-0.05, 0) is 66.8 Å². The van der Waals surface area contributed by atoms with Crippen LogP contribution in [0.5, 0.6) is 0 Å². The van der Waals surface area contributed by atoms with Gasteiger partial charge in [0.15, 0.2) is 0 Å². The van der Waals surface area contributed by atoms with Crippen LogP contribution in [0, 0.1) is 17.7 Å². The molecule has 0 aliphatic carbocycles. The largest absolute Gasteiger partial charge is 0.332 e. The Hall–Kier alpha value is -2.78. The van der Waals surface area contributed by atoms with Crippen molar-refractivity contribution < 1.29 is 22.4 Å². The molecule has 2 amide bonds.